The van der Waals surface area contributed by atoms with Crippen molar-refractivity contribution in [3.05, 3.63) is 211 Å². The van der Waals surface area contributed by atoms with Gasteiger partial charge in [0.1, 0.15) is 23.2 Å². The Bertz CT molecular complexity index is 3120. The third-order valence-corrected chi connectivity index (χ3v) is 10.8. The molecule has 11 rings (SSSR count). The molecule has 1 N–H and O–H groups in total. The highest BCUT2D eigenvalue weighted by atomic mass is 16.3. The Morgan fingerprint density at radius 2 is 1.04 bits per heavy atom. The molecule has 0 saturated carbocycles. The first-order chi connectivity index (χ1) is 27.7. The zero-order valence-corrected chi connectivity index (χ0v) is 30.3. The molecule has 0 bridgehead atoms. The highest BCUT2D eigenvalue weighted by molar-refractivity contribution is 6.15. The molecule has 8 aromatic carbocycles. The molecule has 1 aliphatic heterocycles. The number of hydrogen-bond donors (Lipinski definition) is 1. The molecule has 0 radical (unpaired) electrons. The van der Waals surface area contributed by atoms with Gasteiger partial charge in [0.05, 0.1) is 11.0 Å². The largest absolute Gasteiger partial charge is 0.456 e. The minimum Gasteiger partial charge on any atom is -0.456 e. The Morgan fingerprint density at radius 3 is 1.80 bits per heavy atom. The van der Waals surface area contributed by atoms with E-state index >= 15 is 0 Å². The fourth-order valence-corrected chi connectivity index (χ4v) is 8.15. The third-order valence-electron chi connectivity index (χ3n) is 10.8. The Hall–Kier alpha value is -7.50. The van der Waals surface area contributed by atoms with Gasteiger partial charge >= 0.3 is 0 Å². The molecule has 10 aromatic rings. The number of aromatic nitrogens is 1. The van der Waals surface area contributed by atoms with E-state index in [0.717, 1.165) is 72.4 Å². The van der Waals surface area contributed by atoms with Crippen LogP contribution in [0.15, 0.2) is 209 Å². The third kappa shape index (κ3) is 5.48. The molecule has 0 saturated heterocycles. The van der Waals surface area contributed by atoms with E-state index in [1.807, 2.05) is 24.3 Å². The van der Waals surface area contributed by atoms with E-state index in [2.05, 4.69) is 180 Å². The van der Waals surface area contributed by atoms with Crippen molar-refractivity contribution in [2.45, 2.75) is 6.17 Å². The van der Waals surface area contributed by atoms with Gasteiger partial charge in [0, 0.05) is 38.4 Å². The molecule has 5 nitrogen and oxygen atoms in total. The number of aliphatic imine (C=N–C) groups is 2. The maximum Gasteiger partial charge on any atom is 0.159 e. The molecule has 0 amide bonds. The fourth-order valence-electron chi connectivity index (χ4n) is 8.15. The lowest BCUT2D eigenvalue weighted by molar-refractivity contribution is 0.666. The minimum atomic E-state index is -0.340. The highest BCUT2D eigenvalue weighted by Crippen LogP contribution is 2.36. The number of fused-ring (bicyclic) bond motifs is 6. The van der Waals surface area contributed by atoms with Crippen LogP contribution in [-0.4, -0.2) is 16.2 Å². The van der Waals surface area contributed by atoms with Crippen LogP contribution in [-0.2, 0) is 0 Å². The monoisotopic (exact) mass is 718 g/mol. The molecule has 2 aromatic heterocycles. The highest BCUT2D eigenvalue weighted by Gasteiger charge is 2.23. The first kappa shape index (κ1) is 32.0. The maximum absolute atomic E-state index is 6.31. The summed E-state index contributed by atoms with van der Waals surface area (Å²) in [5.74, 6) is 1.40. The SMILES string of the molecule is c1ccc(-c2cc(C3=NC(c4ccccc4)NC(c4ccc5c(c4)oc4ccccc45)=N3)cc(-c3cccc(-n4c5ccccc5c5ccccc54)c3)c2)cc1. The van der Waals surface area contributed by atoms with Gasteiger partial charge in [-0.3, -0.25) is 0 Å². The molecule has 1 atom stereocenters. The molecule has 264 valence electrons. The topological polar surface area (TPSA) is 54.8 Å². The van der Waals surface area contributed by atoms with Crippen molar-refractivity contribution in [2.75, 3.05) is 0 Å². The Morgan fingerprint density at radius 1 is 0.429 bits per heavy atom. The summed E-state index contributed by atoms with van der Waals surface area (Å²) in [6.45, 7) is 0. The van der Waals surface area contributed by atoms with Gasteiger partial charge in [0.2, 0.25) is 0 Å². The van der Waals surface area contributed by atoms with Crippen LogP contribution in [0.25, 0.3) is 71.7 Å². The van der Waals surface area contributed by atoms with Crippen molar-refractivity contribution in [3.63, 3.8) is 0 Å². The van der Waals surface area contributed by atoms with Crippen LogP contribution >= 0.6 is 0 Å². The van der Waals surface area contributed by atoms with E-state index in [4.69, 9.17) is 14.4 Å². The quantitative estimate of drug-likeness (QED) is 0.186. The van der Waals surface area contributed by atoms with E-state index in [0.29, 0.717) is 5.84 Å². The van der Waals surface area contributed by atoms with Crippen molar-refractivity contribution in [3.8, 4) is 27.9 Å². The zero-order chi connectivity index (χ0) is 37.0. The normalized spacial score (nSPS) is 14.2. The molecular formula is C51H34N4O. The van der Waals surface area contributed by atoms with Gasteiger partial charge in [-0.25, -0.2) is 9.98 Å². The van der Waals surface area contributed by atoms with Crippen molar-refractivity contribution in [1.29, 1.82) is 0 Å². The van der Waals surface area contributed by atoms with Crippen molar-refractivity contribution in [2.24, 2.45) is 9.98 Å². The van der Waals surface area contributed by atoms with Gasteiger partial charge in [0.15, 0.2) is 5.84 Å². The average molecular weight is 719 g/mol. The van der Waals surface area contributed by atoms with Crippen LogP contribution in [0.4, 0.5) is 0 Å². The van der Waals surface area contributed by atoms with Crippen LogP contribution in [0.1, 0.15) is 22.9 Å². The zero-order valence-electron chi connectivity index (χ0n) is 30.3. The molecule has 5 heteroatoms. The number of amidine groups is 2. The smallest absolute Gasteiger partial charge is 0.159 e. The Labute approximate surface area is 323 Å². The summed E-state index contributed by atoms with van der Waals surface area (Å²) in [6, 6.07) is 68.2. The first-order valence-electron chi connectivity index (χ1n) is 18.9. The molecular weight excluding hydrogens is 685 g/mol. The van der Waals surface area contributed by atoms with Gasteiger partial charge in [-0.15, -0.1) is 0 Å². The first-order valence-corrected chi connectivity index (χ1v) is 18.9. The van der Waals surface area contributed by atoms with E-state index in [1.54, 1.807) is 0 Å². The summed E-state index contributed by atoms with van der Waals surface area (Å²) in [4.78, 5) is 10.5. The van der Waals surface area contributed by atoms with Crippen LogP contribution in [0.3, 0.4) is 0 Å². The predicted molar refractivity (Wildman–Crippen MR) is 231 cm³/mol. The number of hydrogen-bond acceptors (Lipinski definition) is 4. The van der Waals surface area contributed by atoms with Gasteiger partial charge in [-0.1, -0.05) is 133 Å². The molecule has 1 aliphatic rings. The van der Waals surface area contributed by atoms with Gasteiger partial charge in [-0.05, 0) is 88.5 Å². The lowest BCUT2D eigenvalue weighted by atomic mass is 9.95. The average Bonchev–Trinajstić information content (AvgIpc) is 3.82. The molecule has 56 heavy (non-hydrogen) atoms. The van der Waals surface area contributed by atoms with Gasteiger partial charge < -0.3 is 14.3 Å². The van der Waals surface area contributed by atoms with Crippen LogP contribution < -0.4 is 5.32 Å². The second-order valence-corrected chi connectivity index (χ2v) is 14.3. The number of nitrogens with zero attached hydrogens (tertiary/aromatic N) is 3. The van der Waals surface area contributed by atoms with E-state index < -0.39 is 0 Å². The van der Waals surface area contributed by atoms with E-state index in [-0.39, 0.29) is 6.17 Å². The summed E-state index contributed by atoms with van der Waals surface area (Å²) in [7, 11) is 0. The number of para-hydroxylation sites is 3. The molecule has 1 unspecified atom stereocenters. The van der Waals surface area contributed by atoms with Gasteiger partial charge in [-0.2, -0.15) is 0 Å². The van der Waals surface area contributed by atoms with Crippen molar-refractivity contribution >= 4 is 55.4 Å². The number of furan rings is 1. The summed E-state index contributed by atoms with van der Waals surface area (Å²) in [5, 5.41) is 8.31. The van der Waals surface area contributed by atoms with Crippen molar-refractivity contribution < 1.29 is 4.42 Å². The predicted octanol–water partition coefficient (Wildman–Crippen LogP) is 12.5. The lowest BCUT2D eigenvalue weighted by Crippen LogP contribution is -2.33. The summed E-state index contributed by atoms with van der Waals surface area (Å²) in [6.07, 6.45) is -0.340. The van der Waals surface area contributed by atoms with Gasteiger partial charge in [0.25, 0.3) is 0 Å². The second-order valence-electron chi connectivity index (χ2n) is 14.3. The second kappa shape index (κ2) is 13.1. The van der Waals surface area contributed by atoms with E-state index in [1.165, 1.54) is 21.8 Å². The summed E-state index contributed by atoms with van der Waals surface area (Å²) < 4.78 is 8.67. The summed E-state index contributed by atoms with van der Waals surface area (Å²) >= 11 is 0. The number of rotatable bonds is 6. The Kier molecular flexibility index (Phi) is 7.49. The van der Waals surface area contributed by atoms with Crippen molar-refractivity contribution in [1.82, 2.24) is 9.88 Å². The molecule has 0 aliphatic carbocycles. The standard InChI is InChI=1S/C51H34N4O/c1-3-14-33(15-4-1)37-28-38(35-18-13-19-40(31-35)55-45-23-10-7-20-41(45)42-21-8-11-24-46(42)55)30-39(29-37)51-53-49(34-16-5-2-6-17-34)52-50(54-51)36-26-27-44-43-22-9-12-25-47(43)56-48(44)32-36/h1-32,49H,(H,52,53,54). The number of nitrogens with one attached hydrogen (secondary N) is 1. The van der Waals surface area contributed by atoms with Crippen LogP contribution in [0, 0.1) is 0 Å². The number of benzene rings is 8. The molecule has 3 heterocycles. The molecule has 0 fully saturated rings. The maximum atomic E-state index is 6.31. The minimum absolute atomic E-state index is 0.340. The van der Waals surface area contributed by atoms with Crippen LogP contribution in [0.2, 0.25) is 0 Å². The lowest BCUT2D eigenvalue weighted by Gasteiger charge is -2.24. The van der Waals surface area contributed by atoms with E-state index in [9.17, 15) is 0 Å². The summed E-state index contributed by atoms with van der Waals surface area (Å²) in [5.41, 5.74) is 12.5. The fraction of sp³-hybridized carbons (Fsp3) is 0.0196. The van der Waals surface area contributed by atoms with Crippen LogP contribution in [0.5, 0.6) is 0 Å². The molecule has 0 spiro atoms. The Balaban J connectivity index is 1.08.